The number of hydrogen-bond acceptors (Lipinski definition) is 8. The number of nitrogens with one attached hydrogen (secondary N) is 1. The van der Waals surface area contributed by atoms with Gasteiger partial charge in [0.1, 0.15) is 17.6 Å². The first-order chi connectivity index (χ1) is 13.6. The van der Waals surface area contributed by atoms with Crippen molar-refractivity contribution in [2.45, 2.75) is 18.4 Å². The number of nitro groups is 1. The maximum absolute atomic E-state index is 10.8. The molecule has 28 heavy (non-hydrogen) atoms. The molecule has 6 rings (SSSR count). The maximum Gasteiger partial charge on any atom is 0.363 e. The van der Waals surface area contributed by atoms with Crippen molar-refractivity contribution < 1.29 is 9.66 Å². The molecular weight excluding hydrogens is 360 g/mol. The van der Waals surface area contributed by atoms with Crippen molar-refractivity contribution in [2.75, 3.05) is 31.5 Å². The SMILES string of the molecule is O=[N+]([O-])c1ccc(-c2ccnc(NC3=NC[C@@]4(CN5CCC4CC5)O3)c2)cn1. The molecule has 0 radical (unpaired) electrons. The summed E-state index contributed by atoms with van der Waals surface area (Å²) in [6.07, 6.45) is 5.51. The molecule has 6 heterocycles. The first-order valence-corrected chi connectivity index (χ1v) is 9.41. The normalized spacial score (nSPS) is 28.1. The fourth-order valence-corrected chi connectivity index (χ4v) is 4.40. The first-order valence-electron chi connectivity index (χ1n) is 9.41. The molecule has 9 heteroatoms. The number of aromatic nitrogens is 2. The van der Waals surface area contributed by atoms with Crippen LogP contribution in [0.2, 0.25) is 0 Å². The van der Waals surface area contributed by atoms with Gasteiger partial charge in [-0.1, -0.05) is 0 Å². The topological polar surface area (TPSA) is 106 Å². The van der Waals surface area contributed by atoms with Gasteiger partial charge in [0.15, 0.2) is 0 Å². The van der Waals surface area contributed by atoms with Gasteiger partial charge in [-0.25, -0.2) is 9.98 Å². The molecule has 0 unspecified atom stereocenters. The Morgan fingerprint density at radius 2 is 2.07 bits per heavy atom. The molecule has 1 atom stereocenters. The molecule has 0 saturated carbocycles. The van der Waals surface area contributed by atoms with Gasteiger partial charge in [-0.3, -0.25) is 10.2 Å². The molecule has 4 aliphatic heterocycles. The number of anilines is 1. The van der Waals surface area contributed by atoms with Crippen molar-refractivity contribution in [3.05, 3.63) is 46.8 Å². The quantitative estimate of drug-likeness (QED) is 0.643. The van der Waals surface area contributed by atoms with E-state index < -0.39 is 4.92 Å². The third kappa shape index (κ3) is 2.97. The minimum Gasteiger partial charge on any atom is -0.455 e. The third-order valence-electron chi connectivity index (χ3n) is 5.88. The molecule has 4 aliphatic rings. The fraction of sp³-hybridized carbons (Fsp3) is 0.421. The van der Waals surface area contributed by atoms with E-state index in [1.54, 1.807) is 12.3 Å². The average Bonchev–Trinajstić information content (AvgIpc) is 3.11. The highest BCUT2D eigenvalue weighted by Crippen LogP contribution is 2.40. The lowest BCUT2D eigenvalue weighted by molar-refractivity contribution is -0.389. The summed E-state index contributed by atoms with van der Waals surface area (Å²) in [4.78, 5) is 25.5. The van der Waals surface area contributed by atoms with E-state index in [9.17, 15) is 10.1 Å². The smallest absolute Gasteiger partial charge is 0.363 e. The van der Waals surface area contributed by atoms with E-state index in [1.165, 1.54) is 25.1 Å². The van der Waals surface area contributed by atoms with E-state index in [0.29, 0.717) is 24.3 Å². The summed E-state index contributed by atoms with van der Waals surface area (Å²) in [6.45, 7) is 3.94. The highest BCUT2D eigenvalue weighted by molar-refractivity contribution is 5.90. The number of rotatable bonds is 3. The number of ether oxygens (including phenoxy) is 1. The van der Waals surface area contributed by atoms with E-state index >= 15 is 0 Å². The lowest BCUT2D eigenvalue weighted by atomic mass is 9.75. The molecule has 144 valence electrons. The summed E-state index contributed by atoms with van der Waals surface area (Å²) in [5, 5.41) is 13.9. The van der Waals surface area contributed by atoms with Crippen molar-refractivity contribution in [3.63, 3.8) is 0 Å². The second-order valence-corrected chi connectivity index (χ2v) is 7.56. The van der Waals surface area contributed by atoms with Crippen LogP contribution in [0.4, 0.5) is 11.6 Å². The van der Waals surface area contributed by atoms with Crippen LogP contribution in [0.3, 0.4) is 0 Å². The van der Waals surface area contributed by atoms with Crippen LogP contribution >= 0.6 is 0 Å². The van der Waals surface area contributed by atoms with E-state index in [1.807, 2.05) is 12.1 Å². The first kappa shape index (κ1) is 17.1. The van der Waals surface area contributed by atoms with Crippen molar-refractivity contribution >= 4 is 17.7 Å². The number of nitrogens with zero attached hydrogens (tertiary/aromatic N) is 5. The molecule has 1 N–H and O–H groups in total. The summed E-state index contributed by atoms with van der Waals surface area (Å²) in [6, 6.07) is 7.27. The molecular formula is C19H20N6O3. The Morgan fingerprint density at radius 3 is 2.75 bits per heavy atom. The molecule has 3 fully saturated rings. The largest absolute Gasteiger partial charge is 0.455 e. The second-order valence-electron chi connectivity index (χ2n) is 7.56. The Hall–Kier alpha value is -3.07. The highest BCUT2D eigenvalue weighted by atomic mass is 16.6. The van der Waals surface area contributed by atoms with E-state index in [2.05, 4.69) is 25.2 Å². The molecule has 1 spiro atoms. The Bertz CT molecular complexity index is 939. The van der Waals surface area contributed by atoms with Gasteiger partial charge in [-0.05, 0) is 59.6 Å². The van der Waals surface area contributed by atoms with Crippen LogP contribution in [0.15, 0.2) is 41.7 Å². The summed E-state index contributed by atoms with van der Waals surface area (Å²) < 4.78 is 6.29. The standard InChI is InChI=1S/C19H20N6O3/c26-25(27)17-2-1-14(10-21-17)13-3-6-20-16(9-13)23-18-22-11-19(28-18)12-24-7-4-15(19)5-8-24/h1-3,6,9-10,15H,4-5,7-8,11-12H2,(H,20,22,23)/t19-/m0/s1. The minimum atomic E-state index is -0.511. The Labute approximate surface area is 161 Å². The van der Waals surface area contributed by atoms with Gasteiger partial charge < -0.3 is 14.9 Å². The van der Waals surface area contributed by atoms with Crippen molar-refractivity contribution in [3.8, 4) is 11.1 Å². The molecule has 0 amide bonds. The third-order valence-corrected chi connectivity index (χ3v) is 5.88. The van der Waals surface area contributed by atoms with E-state index in [4.69, 9.17) is 4.74 Å². The zero-order valence-electron chi connectivity index (χ0n) is 15.2. The van der Waals surface area contributed by atoms with Gasteiger partial charge in [0.05, 0.1) is 6.54 Å². The Balaban J connectivity index is 1.30. The number of fused-ring (bicyclic) bond motifs is 2. The van der Waals surface area contributed by atoms with Crippen LogP contribution in [-0.4, -0.2) is 57.6 Å². The maximum atomic E-state index is 10.8. The van der Waals surface area contributed by atoms with Crippen LogP contribution in [0.25, 0.3) is 11.1 Å². The number of piperidine rings is 3. The van der Waals surface area contributed by atoms with Crippen molar-refractivity contribution in [2.24, 2.45) is 10.9 Å². The minimum absolute atomic E-state index is 0.173. The van der Waals surface area contributed by atoms with Crippen LogP contribution in [-0.2, 0) is 4.74 Å². The zero-order chi connectivity index (χ0) is 19.1. The second kappa shape index (κ2) is 6.52. The molecule has 2 aromatic heterocycles. The predicted molar refractivity (Wildman–Crippen MR) is 103 cm³/mol. The Morgan fingerprint density at radius 1 is 1.21 bits per heavy atom. The molecule has 0 aromatic carbocycles. The summed E-state index contributed by atoms with van der Waals surface area (Å²) in [5.74, 6) is 1.01. The van der Waals surface area contributed by atoms with Crippen LogP contribution in [0.1, 0.15) is 12.8 Å². The number of amidine groups is 1. The predicted octanol–water partition coefficient (Wildman–Crippen LogP) is 2.31. The van der Waals surface area contributed by atoms with Crippen LogP contribution in [0, 0.1) is 16.0 Å². The lowest BCUT2D eigenvalue weighted by Gasteiger charge is -2.50. The lowest BCUT2D eigenvalue weighted by Crippen LogP contribution is -2.61. The fourth-order valence-electron chi connectivity index (χ4n) is 4.40. The average molecular weight is 380 g/mol. The van der Waals surface area contributed by atoms with E-state index in [-0.39, 0.29) is 11.4 Å². The Kier molecular flexibility index (Phi) is 3.97. The van der Waals surface area contributed by atoms with E-state index in [0.717, 1.165) is 30.8 Å². The van der Waals surface area contributed by atoms with Crippen molar-refractivity contribution in [1.82, 2.24) is 14.9 Å². The van der Waals surface area contributed by atoms with Gasteiger partial charge in [-0.15, -0.1) is 0 Å². The van der Waals surface area contributed by atoms with Crippen LogP contribution in [0.5, 0.6) is 0 Å². The zero-order valence-corrected chi connectivity index (χ0v) is 15.2. The van der Waals surface area contributed by atoms with Gasteiger partial charge in [0, 0.05) is 30.3 Å². The molecule has 2 aromatic rings. The van der Waals surface area contributed by atoms with Gasteiger partial charge in [0.2, 0.25) is 0 Å². The number of aliphatic imine (C=N–C) groups is 1. The molecule has 9 nitrogen and oxygen atoms in total. The highest BCUT2D eigenvalue weighted by Gasteiger charge is 2.51. The van der Waals surface area contributed by atoms with Crippen molar-refractivity contribution in [1.29, 1.82) is 0 Å². The molecule has 0 aliphatic carbocycles. The summed E-state index contributed by atoms with van der Waals surface area (Å²) in [7, 11) is 0. The summed E-state index contributed by atoms with van der Waals surface area (Å²) in [5.41, 5.74) is 1.44. The number of hydrogen-bond donors (Lipinski definition) is 1. The summed E-state index contributed by atoms with van der Waals surface area (Å²) >= 11 is 0. The van der Waals surface area contributed by atoms with Gasteiger partial charge >= 0.3 is 5.82 Å². The molecule has 2 bridgehead atoms. The van der Waals surface area contributed by atoms with Gasteiger partial charge in [0.25, 0.3) is 6.02 Å². The van der Waals surface area contributed by atoms with Gasteiger partial charge in [-0.2, -0.15) is 0 Å². The number of pyridine rings is 2. The van der Waals surface area contributed by atoms with Crippen LogP contribution < -0.4 is 5.32 Å². The molecule has 3 saturated heterocycles. The monoisotopic (exact) mass is 380 g/mol.